The summed E-state index contributed by atoms with van der Waals surface area (Å²) in [5, 5.41) is 10.7. The van der Waals surface area contributed by atoms with Gasteiger partial charge in [0.2, 0.25) is 5.91 Å². The highest BCUT2D eigenvalue weighted by Gasteiger charge is 2.45. The minimum absolute atomic E-state index is 0.333. The molecule has 1 fully saturated rings. The first-order chi connectivity index (χ1) is 10.1. The fourth-order valence-electron chi connectivity index (χ4n) is 2.31. The van der Waals surface area contributed by atoms with E-state index in [0.29, 0.717) is 37.4 Å². The third-order valence-corrected chi connectivity index (χ3v) is 4.49. The van der Waals surface area contributed by atoms with Crippen LogP contribution in [0, 0.1) is 11.8 Å². The maximum atomic E-state index is 12.9. The van der Waals surface area contributed by atoms with Gasteiger partial charge in [-0.3, -0.25) is 14.4 Å². The molecule has 0 aromatic carbocycles. The smallest absolute Gasteiger partial charge is 0.401 e. The van der Waals surface area contributed by atoms with Crippen molar-refractivity contribution in [3.05, 3.63) is 0 Å². The van der Waals surface area contributed by atoms with Gasteiger partial charge < -0.3 is 10.4 Å². The molecule has 0 radical (unpaired) electrons. The van der Waals surface area contributed by atoms with Crippen LogP contribution in [0.4, 0.5) is 13.2 Å². The van der Waals surface area contributed by atoms with E-state index in [9.17, 15) is 27.6 Å². The van der Waals surface area contributed by atoms with E-state index >= 15 is 0 Å². The van der Waals surface area contributed by atoms with Gasteiger partial charge in [0, 0.05) is 18.7 Å². The summed E-state index contributed by atoms with van der Waals surface area (Å²) < 4.78 is 38.6. The van der Waals surface area contributed by atoms with Crippen molar-refractivity contribution in [1.82, 2.24) is 5.32 Å². The number of amides is 1. The van der Waals surface area contributed by atoms with Gasteiger partial charge in [-0.15, -0.1) is 0 Å². The van der Waals surface area contributed by atoms with Gasteiger partial charge in [-0.25, -0.2) is 0 Å². The Labute approximate surface area is 130 Å². The van der Waals surface area contributed by atoms with Crippen LogP contribution in [0.15, 0.2) is 0 Å². The van der Waals surface area contributed by atoms with Gasteiger partial charge in [-0.1, -0.05) is 11.8 Å². The topological polar surface area (TPSA) is 83.5 Å². The molecule has 0 bridgehead atoms. The Hall–Kier alpha value is -1.25. The van der Waals surface area contributed by atoms with E-state index in [4.69, 9.17) is 5.11 Å². The second kappa shape index (κ2) is 7.85. The van der Waals surface area contributed by atoms with Crippen LogP contribution in [0.25, 0.3) is 0 Å². The van der Waals surface area contributed by atoms with Gasteiger partial charge in [0.1, 0.15) is 5.92 Å². The predicted molar refractivity (Wildman–Crippen MR) is 74.2 cm³/mol. The number of carbonyl (C=O) groups excluding carboxylic acids is 2. The van der Waals surface area contributed by atoms with E-state index in [1.165, 1.54) is 0 Å². The summed E-state index contributed by atoms with van der Waals surface area (Å²) in [6, 6.07) is -0.449. The first-order valence-electron chi connectivity index (χ1n) is 6.84. The Morgan fingerprint density at radius 3 is 2.18 bits per heavy atom. The van der Waals surface area contributed by atoms with Crippen LogP contribution < -0.4 is 5.32 Å². The minimum Gasteiger partial charge on any atom is -0.481 e. The molecule has 0 heterocycles. The number of hydrogen-bond acceptors (Lipinski definition) is 4. The zero-order chi connectivity index (χ0) is 16.9. The van der Waals surface area contributed by atoms with Crippen molar-refractivity contribution in [2.45, 2.75) is 44.8 Å². The van der Waals surface area contributed by atoms with E-state index < -0.39 is 46.8 Å². The van der Waals surface area contributed by atoms with Gasteiger partial charge in [0.15, 0.2) is 5.12 Å². The van der Waals surface area contributed by atoms with Gasteiger partial charge >= 0.3 is 12.1 Å². The van der Waals surface area contributed by atoms with Crippen molar-refractivity contribution in [3.63, 3.8) is 0 Å². The molecule has 5 nitrogen and oxygen atoms in total. The number of nitrogens with one attached hydrogen (secondary N) is 1. The van der Waals surface area contributed by atoms with E-state index in [-0.39, 0.29) is 0 Å². The van der Waals surface area contributed by atoms with Crippen molar-refractivity contribution in [3.8, 4) is 0 Å². The molecule has 0 saturated heterocycles. The van der Waals surface area contributed by atoms with E-state index in [0.717, 1.165) is 6.92 Å². The quantitative estimate of drug-likeness (QED) is 0.801. The molecule has 1 aliphatic carbocycles. The number of thioether (sulfide) groups is 1. The molecule has 1 amide bonds. The Bertz CT molecular complexity index is 433. The third-order valence-electron chi connectivity index (χ3n) is 3.59. The van der Waals surface area contributed by atoms with Crippen molar-refractivity contribution < 1.29 is 32.7 Å². The van der Waals surface area contributed by atoms with Gasteiger partial charge in [-0.2, -0.15) is 13.2 Å². The Morgan fingerprint density at radius 1 is 1.23 bits per heavy atom. The molecule has 2 N–H and O–H groups in total. The summed E-state index contributed by atoms with van der Waals surface area (Å²) in [6.45, 7) is 1.14. The number of carboxylic acid groups (broad SMARTS) is 1. The molecule has 22 heavy (non-hydrogen) atoms. The largest absolute Gasteiger partial charge is 0.481 e. The summed E-state index contributed by atoms with van der Waals surface area (Å²) in [7, 11) is 0. The zero-order valence-electron chi connectivity index (χ0n) is 12.0. The number of rotatable bonds is 5. The van der Waals surface area contributed by atoms with Crippen LogP contribution in [0.5, 0.6) is 0 Å². The molecule has 9 heteroatoms. The van der Waals surface area contributed by atoms with Gasteiger partial charge in [0.25, 0.3) is 0 Å². The summed E-state index contributed by atoms with van der Waals surface area (Å²) in [6.07, 6.45) is -3.37. The fourth-order valence-corrected chi connectivity index (χ4v) is 3.05. The molecule has 126 valence electrons. The van der Waals surface area contributed by atoms with Crippen molar-refractivity contribution in [2.75, 3.05) is 5.75 Å². The highest BCUT2D eigenvalue weighted by atomic mass is 32.2. The fraction of sp³-hybridized carbons (Fsp3) is 0.769. The number of carbonyl (C=O) groups is 3. The Morgan fingerprint density at radius 2 is 1.77 bits per heavy atom. The zero-order valence-corrected chi connectivity index (χ0v) is 12.8. The van der Waals surface area contributed by atoms with E-state index in [1.54, 1.807) is 0 Å². The van der Waals surface area contributed by atoms with Crippen molar-refractivity contribution in [1.29, 1.82) is 0 Å². The molecule has 0 aromatic rings. The Balaban J connectivity index is 2.57. The molecule has 0 spiro atoms. The third kappa shape index (κ3) is 5.86. The molecule has 0 aromatic heterocycles. The van der Waals surface area contributed by atoms with Crippen LogP contribution in [-0.2, 0) is 14.4 Å². The van der Waals surface area contributed by atoms with Crippen LogP contribution in [0.3, 0.4) is 0 Å². The lowest BCUT2D eigenvalue weighted by atomic mass is 9.86. The van der Waals surface area contributed by atoms with Crippen LogP contribution in [0.1, 0.15) is 32.6 Å². The molecular formula is C13H18F3NO4S. The van der Waals surface area contributed by atoms with Crippen LogP contribution in [0.2, 0.25) is 0 Å². The monoisotopic (exact) mass is 341 g/mol. The highest BCUT2D eigenvalue weighted by Crippen LogP contribution is 2.31. The van der Waals surface area contributed by atoms with Gasteiger partial charge in [-0.05, 0) is 25.7 Å². The van der Waals surface area contributed by atoms with Crippen LogP contribution >= 0.6 is 11.8 Å². The van der Waals surface area contributed by atoms with Crippen molar-refractivity contribution in [2.24, 2.45) is 11.8 Å². The summed E-state index contributed by atoms with van der Waals surface area (Å²) in [4.78, 5) is 33.4. The Kier molecular flexibility index (Phi) is 6.70. The molecule has 1 aliphatic rings. The predicted octanol–water partition coefficient (Wildman–Crippen LogP) is 2.20. The van der Waals surface area contributed by atoms with Crippen LogP contribution in [-0.4, -0.2) is 40.1 Å². The number of hydrogen-bond donors (Lipinski definition) is 2. The molecule has 1 atom stereocenters. The molecular weight excluding hydrogens is 323 g/mol. The summed E-state index contributed by atoms with van der Waals surface area (Å²) in [5.41, 5.74) is 0. The van der Waals surface area contributed by atoms with E-state index in [1.807, 2.05) is 0 Å². The number of alkyl halides is 3. The average Bonchev–Trinajstić information content (AvgIpc) is 2.37. The lowest BCUT2D eigenvalue weighted by molar-refractivity contribution is -0.178. The van der Waals surface area contributed by atoms with Gasteiger partial charge in [0.05, 0.1) is 5.92 Å². The van der Waals surface area contributed by atoms with Crippen molar-refractivity contribution >= 4 is 28.8 Å². The minimum atomic E-state index is -4.72. The molecule has 1 unspecified atom stereocenters. The maximum Gasteiger partial charge on any atom is 0.401 e. The lowest BCUT2D eigenvalue weighted by Crippen LogP contribution is -2.46. The molecule has 1 saturated carbocycles. The lowest BCUT2D eigenvalue weighted by Gasteiger charge is -2.28. The summed E-state index contributed by atoms with van der Waals surface area (Å²) in [5.74, 6) is -5.45. The highest BCUT2D eigenvalue weighted by molar-refractivity contribution is 8.13. The average molecular weight is 341 g/mol. The standard InChI is InChI=1S/C13H18F3NO4S/c1-7(18)22-6-10(13(14,15)16)11(19)17-9-4-2-8(3-5-9)12(20)21/h8-10H,2-6H2,1H3,(H,17,19)(H,20,21)/t8-,9+,10?. The second-order valence-corrected chi connectivity index (χ2v) is 6.49. The normalized spacial score (nSPS) is 23.6. The molecule has 0 aliphatic heterocycles. The maximum absolute atomic E-state index is 12.9. The first-order valence-corrected chi connectivity index (χ1v) is 7.83. The number of aliphatic carboxylic acids is 1. The number of halogens is 3. The molecule has 1 rings (SSSR count). The summed E-state index contributed by atoms with van der Waals surface area (Å²) >= 11 is 0.463. The second-order valence-electron chi connectivity index (χ2n) is 5.29. The first kappa shape index (κ1) is 18.8. The SMILES string of the molecule is CC(=O)SCC(C(=O)N[C@H]1CC[C@@H](C(=O)O)CC1)C(F)(F)F. The number of carboxylic acids is 1. The van der Waals surface area contributed by atoms with E-state index in [2.05, 4.69) is 5.32 Å².